The monoisotopic (exact) mass is 234 g/mol. The first-order chi connectivity index (χ1) is 7.83. The largest absolute Gasteiger partial charge is 0.478 e. The zero-order chi connectivity index (χ0) is 12.8. The molecule has 1 aromatic carbocycles. The summed E-state index contributed by atoms with van der Waals surface area (Å²) < 4.78 is 0. The molecule has 0 fully saturated rings. The van der Waals surface area contributed by atoms with Gasteiger partial charge in [0.05, 0.1) is 16.9 Å². The van der Waals surface area contributed by atoms with Gasteiger partial charge in [0, 0.05) is 7.05 Å². The third kappa shape index (κ3) is 1.73. The van der Waals surface area contributed by atoms with E-state index in [9.17, 15) is 9.59 Å². The smallest absolute Gasteiger partial charge is 0.335 e. The van der Waals surface area contributed by atoms with Gasteiger partial charge >= 0.3 is 5.97 Å². The first-order valence-electron chi connectivity index (χ1n) is 5.26. The molecule has 0 unspecified atom stereocenters. The van der Waals surface area contributed by atoms with Crippen molar-refractivity contribution in [2.24, 2.45) is 0 Å². The number of likely N-dealkylation sites (N-methyl/N-ethyl adjacent to an activating group) is 1. The molecule has 1 heterocycles. The van der Waals surface area contributed by atoms with Gasteiger partial charge in [0.2, 0.25) is 0 Å². The molecule has 1 aromatic rings. The van der Waals surface area contributed by atoms with Crippen LogP contribution in [-0.2, 0) is 4.79 Å². The van der Waals surface area contributed by atoms with Crippen LogP contribution in [0.4, 0.5) is 11.4 Å². The Hall–Kier alpha value is -2.04. The molecule has 5 heteroatoms. The second-order valence-electron chi connectivity index (χ2n) is 4.65. The summed E-state index contributed by atoms with van der Waals surface area (Å²) >= 11 is 0. The molecule has 17 heavy (non-hydrogen) atoms. The Balaban J connectivity index is 2.54. The number of nitrogens with one attached hydrogen (secondary N) is 1. The number of fused-ring (bicyclic) bond motifs is 1. The third-order valence-corrected chi connectivity index (χ3v) is 2.89. The van der Waals surface area contributed by atoms with Crippen LogP contribution in [0.25, 0.3) is 0 Å². The molecule has 0 saturated carbocycles. The van der Waals surface area contributed by atoms with Gasteiger partial charge in [-0.2, -0.15) is 0 Å². The maximum atomic E-state index is 12.0. The Labute approximate surface area is 99.0 Å². The number of carboxylic acids is 1. The van der Waals surface area contributed by atoms with E-state index >= 15 is 0 Å². The van der Waals surface area contributed by atoms with Crippen molar-refractivity contribution in [2.45, 2.75) is 19.4 Å². The summed E-state index contributed by atoms with van der Waals surface area (Å²) in [4.78, 5) is 24.4. The van der Waals surface area contributed by atoms with Crippen LogP contribution < -0.4 is 10.2 Å². The van der Waals surface area contributed by atoms with Gasteiger partial charge in [-0.05, 0) is 32.0 Å². The van der Waals surface area contributed by atoms with Crippen molar-refractivity contribution in [3.8, 4) is 0 Å². The molecular weight excluding hydrogens is 220 g/mol. The Morgan fingerprint density at radius 2 is 2.06 bits per heavy atom. The standard InChI is InChI=1S/C12H14N2O3/c1-12(2)11(17)14(3)9-5-4-7(10(15)16)6-8(9)13-12/h4-6,13H,1-3H3,(H,15,16). The van der Waals surface area contributed by atoms with Crippen LogP contribution in [-0.4, -0.2) is 29.6 Å². The molecule has 1 aliphatic heterocycles. The minimum atomic E-state index is -0.980. The van der Waals surface area contributed by atoms with E-state index in [0.29, 0.717) is 11.4 Å². The summed E-state index contributed by atoms with van der Waals surface area (Å²) in [6.45, 7) is 3.53. The van der Waals surface area contributed by atoms with Gasteiger partial charge in [0.15, 0.2) is 0 Å². The summed E-state index contributed by atoms with van der Waals surface area (Å²) in [5.74, 6) is -1.03. The highest BCUT2D eigenvalue weighted by molar-refractivity contribution is 6.07. The molecule has 5 nitrogen and oxygen atoms in total. The van der Waals surface area contributed by atoms with E-state index in [2.05, 4.69) is 5.32 Å². The van der Waals surface area contributed by atoms with Crippen LogP contribution in [0.15, 0.2) is 18.2 Å². The number of hydrogen-bond donors (Lipinski definition) is 2. The van der Waals surface area contributed by atoms with Crippen LogP contribution in [0.2, 0.25) is 0 Å². The number of aromatic carboxylic acids is 1. The summed E-state index contributed by atoms with van der Waals surface area (Å²) in [5, 5.41) is 12.0. The molecule has 0 saturated heterocycles. The molecule has 1 aliphatic rings. The maximum Gasteiger partial charge on any atom is 0.335 e. The van der Waals surface area contributed by atoms with Crippen LogP contribution in [0.1, 0.15) is 24.2 Å². The molecule has 0 atom stereocenters. The molecule has 0 spiro atoms. The Morgan fingerprint density at radius 3 is 2.65 bits per heavy atom. The lowest BCUT2D eigenvalue weighted by atomic mass is 9.98. The number of carbonyl (C=O) groups is 2. The SMILES string of the molecule is CN1C(=O)C(C)(C)Nc2cc(C(=O)O)ccc21. The Kier molecular flexibility index (Phi) is 2.34. The van der Waals surface area contributed by atoms with Crippen molar-refractivity contribution in [3.05, 3.63) is 23.8 Å². The lowest BCUT2D eigenvalue weighted by Gasteiger charge is -2.38. The van der Waals surface area contributed by atoms with Gasteiger partial charge in [-0.25, -0.2) is 4.79 Å². The predicted molar refractivity (Wildman–Crippen MR) is 64.5 cm³/mol. The minimum Gasteiger partial charge on any atom is -0.478 e. The van der Waals surface area contributed by atoms with E-state index in [4.69, 9.17) is 5.11 Å². The normalized spacial score (nSPS) is 17.4. The van der Waals surface area contributed by atoms with Gasteiger partial charge in [-0.15, -0.1) is 0 Å². The van der Waals surface area contributed by atoms with Crippen molar-refractivity contribution in [1.82, 2.24) is 0 Å². The number of benzene rings is 1. The summed E-state index contributed by atoms with van der Waals surface area (Å²) in [7, 11) is 1.68. The zero-order valence-corrected chi connectivity index (χ0v) is 9.94. The molecule has 90 valence electrons. The van der Waals surface area contributed by atoms with Crippen LogP contribution in [0.3, 0.4) is 0 Å². The molecule has 0 aliphatic carbocycles. The Bertz CT molecular complexity index is 508. The first-order valence-corrected chi connectivity index (χ1v) is 5.26. The molecule has 1 amide bonds. The van der Waals surface area contributed by atoms with Gasteiger partial charge in [0.1, 0.15) is 5.54 Å². The van der Waals surface area contributed by atoms with Crippen molar-refractivity contribution in [3.63, 3.8) is 0 Å². The van der Waals surface area contributed by atoms with Gasteiger partial charge in [-0.3, -0.25) is 4.79 Å². The van der Waals surface area contributed by atoms with Gasteiger partial charge < -0.3 is 15.3 Å². The van der Waals surface area contributed by atoms with Crippen molar-refractivity contribution < 1.29 is 14.7 Å². The number of amides is 1. The number of rotatable bonds is 1. The third-order valence-electron chi connectivity index (χ3n) is 2.89. The molecule has 0 aromatic heterocycles. The number of carbonyl (C=O) groups excluding carboxylic acids is 1. The Morgan fingerprint density at radius 1 is 1.41 bits per heavy atom. The van der Waals surface area contributed by atoms with E-state index in [-0.39, 0.29) is 11.5 Å². The molecule has 0 radical (unpaired) electrons. The van der Waals surface area contributed by atoms with E-state index in [1.807, 2.05) is 0 Å². The second-order valence-corrected chi connectivity index (χ2v) is 4.65. The second kappa shape index (κ2) is 3.48. The fraction of sp³-hybridized carbons (Fsp3) is 0.333. The highest BCUT2D eigenvalue weighted by atomic mass is 16.4. The lowest BCUT2D eigenvalue weighted by molar-refractivity contribution is -0.121. The zero-order valence-electron chi connectivity index (χ0n) is 9.94. The molecule has 2 N–H and O–H groups in total. The number of hydrogen-bond acceptors (Lipinski definition) is 3. The van der Waals surface area contributed by atoms with Crippen LogP contribution >= 0.6 is 0 Å². The quantitative estimate of drug-likeness (QED) is 0.773. The lowest BCUT2D eigenvalue weighted by Crippen LogP contribution is -2.52. The average Bonchev–Trinajstić information content (AvgIpc) is 2.25. The maximum absolute atomic E-state index is 12.0. The number of carboxylic acid groups (broad SMARTS) is 1. The van der Waals surface area contributed by atoms with Crippen molar-refractivity contribution in [1.29, 1.82) is 0 Å². The topological polar surface area (TPSA) is 69.6 Å². The fourth-order valence-electron chi connectivity index (χ4n) is 1.98. The summed E-state index contributed by atoms with van der Waals surface area (Å²) in [6, 6.07) is 4.67. The fourth-order valence-corrected chi connectivity index (χ4v) is 1.98. The minimum absolute atomic E-state index is 0.0481. The summed E-state index contributed by atoms with van der Waals surface area (Å²) in [6.07, 6.45) is 0. The molecule has 0 bridgehead atoms. The first kappa shape index (κ1) is 11.4. The van der Waals surface area contributed by atoms with Gasteiger partial charge in [-0.1, -0.05) is 0 Å². The average molecular weight is 234 g/mol. The highest BCUT2D eigenvalue weighted by Gasteiger charge is 2.36. The molecule has 2 rings (SSSR count). The summed E-state index contributed by atoms with van der Waals surface area (Å²) in [5.41, 5.74) is 0.838. The number of nitrogens with zero attached hydrogens (tertiary/aromatic N) is 1. The van der Waals surface area contributed by atoms with E-state index < -0.39 is 11.5 Å². The van der Waals surface area contributed by atoms with Crippen molar-refractivity contribution >= 4 is 23.3 Å². The van der Waals surface area contributed by atoms with Crippen LogP contribution in [0.5, 0.6) is 0 Å². The highest BCUT2D eigenvalue weighted by Crippen LogP contribution is 2.34. The van der Waals surface area contributed by atoms with E-state index in [0.717, 1.165) is 0 Å². The van der Waals surface area contributed by atoms with E-state index in [1.54, 1.807) is 33.0 Å². The predicted octanol–water partition coefficient (Wildman–Crippen LogP) is 1.55. The number of anilines is 2. The van der Waals surface area contributed by atoms with Crippen LogP contribution in [0, 0.1) is 0 Å². The molecular formula is C12H14N2O3. The van der Waals surface area contributed by atoms with Crippen molar-refractivity contribution in [2.75, 3.05) is 17.3 Å². The van der Waals surface area contributed by atoms with Gasteiger partial charge in [0.25, 0.3) is 5.91 Å². The van der Waals surface area contributed by atoms with E-state index in [1.165, 1.54) is 11.0 Å².